The summed E-state index contributed by atoms with van der Waals surface area (Å²) < 4.78 is 32.4. The van der Waals surface area contributed by atoms with Crippen LogP contribution in [0.25, 0.3) is 0 Å². The minimum atomic E-state index is -1.38. The largest absolute Gasteiger partial charge is 0.497 e. The summed E-state index contributed by atoms with van der Waals surface area (Å²) in [7, 11) is 1.91. The van der Waals surface area contributed by atoms with Crippen molar-refractivity contribution in [3.63, 3.8) is 0 Å². The first kappa shape index (κ1) is 25.8. The smallest absolute Gasteiger partial charge is 0.118 e. The van der Waals surface area contributed by atoms with E-state index in [-0.39, 0.29) is 5.25 Å². The van der Waals surface area contributed by atoms with E-state index in [1.165, 1.54) is 0 Å². The molecule has 0 aliphatic carbocycles. The predicted molar refractivity (Wildman–Crippen MR) is 134 cm³/mol. The van der Waals surface area contributed by atoms with E-state index in [1.54, 1.807) is 26.6 Å². The Labute approximate surface area is 204 Å². The van der Waals surface area contributed by atoms with Gasteiger partial charge in [0.1, 0.15) is 28.6 Å². The molecule has 0 N–H and O–H groups in total. The Balaban J connectivity index is 1.87. The Bertz CT molecular complexity index is 994. The van der Waals surface area contributed by atoms with Gasteiger partial charge in [-0.25, -0.2) is 8.51 Å². The number of aromatic nitrogens is 2. The molecular weight excluding hydrogens is 450 g/mol. The van der Waals surface area contributed by atoms with Gasteiger partial charge in [-0.2, -0.15) is 0 Å². The summed E-state index contributed by atoms with van der Waals surface area (Å²) >= 11 is 0. The van der Waals surface area contributed by atoms with Gasteiger partial charge in [-0.15, -0.1) is 0 Å². The minimum Gasteiger partial charge on any atom is -0.497 e. The molecule has 2 aromatic carbocycles. The lowest BCUT2D eigenvalue weighted by molar-refractivity contribution is 0.0586. The summed E-state index contributed by atoms with van der Waals surface area (Å²) in [6.07, 6.45) is 2.98. The molecule has 0 saturated carbocycles. The van der Waals surface area contributed by atoms with Crippen LogP contribution in [-0.4, -0.2) is 44.6 Å². The van der Waals surface area contributed by atoms with E-state index < -0.39 is 17.1 Å². The van der Waals surface area contributed by atoms with E-state index in [9.17, 15) is 4.21 Å². The van der Waals surface area contributed by atoms with Crippen LogP contribution < -0.4 is 9.47 Å². The summed E-state index contributed by atoms with van der Waals surface area (Å²) in [5.74, 6) is 1.57. The van der Waals surface area contributed by atoms with Crippen LogP contribution in [0.1, 0.15) is 42.5 Å². The third-order valence-electron chi connectivity index (χ3n) is 5.47. The van der Waals surface area contributed by atoms with Gasteiger partial charge >= 0.3 is 0 Å². The molecule has 3 unspecified atom stereocenters. The normalized spacial score (nSPS) is 13.9. The van der Waals surface area contributed by atoms with Crippen molar-refractivity contribution in [1.29, 1.82) is 0 Å². The number of benzene rings is 2. The molecule has 0 bridgehead atoms. The van der Waals surface area contributed by atoms with Crippen molar-refractivity contribution in [2.45, 2.75) is 45.2 Å². The molecule has 182 valence electrons. The zero-order chi connectivity index (χ0) is 24.5. The molecule has 0 spiro atoms. The Hall–Kier alpha value is -2.81. The maximum absolute atomic E-state index is 13.9. The molecule has 1 heterocycles. The fourth-order valence-corrected chi connectivity index (χ4v) is 5.04. The van der Waals surface area contributed by atoms with Gasteiger partial charge in [-0.05, 0) is 56.2 Å². The average Bonchev–Trinajstić information content (AvgIpc) is 2.87. The quantitative estimate of drug-likeness (QED) is 0.374. The molecule has 3 rings (SSSR count). The number of aryl methyl sites for hydroxylation is 1. The number of hydrogen-bond donors (Lipinski definition) is 0. The average molecular weight is 484 g/mol. The lowest BCUT2D eigenvalue weighted by Gasteiger charge is -2.29. The number of hydrogen-bond acceptors (Lipinski definition) is 6. The molecule has 7 nitrogen and oxygen atoms in total. The highest BCUT2D eigenvalue weighted by molar-refractivity contribution is 7.83. The van der Waals surface area contributed by atoms with Gasteiger partial charge in [-0.1, -0.05) is 24.3 Å². The number of ether oxygens (including phenoxy) is 3. The van der Waals surface area contributed by atoms with Gasteiger partial charge < -0.3 is 14.2 Å². The Kier molecular flexibility index (Phi) is 9.56. The van der Waals surface area contributed by atoms with E-state index in [1.807, 2.05) is 73.6 Å². The maximum Gasteiger partial charge on any atom is 0.118 e. The zero-order valence-corrected chi connectivity index (χ0v) is 21.2. The van der Waals surface area contributed by atoms with Gasteiger partial charge in [-0.3, -0.25) is 9.97 Å². The fourth-order valence-electron chi connectivity index (χ4n) is 3.58. The summed E-state index contributed by atoms with van der Waals surface area (Å²) in [6, 6.07) is 15.6. The highest BCUT2D eigenvalue weighted by Gasteiger charge is 2.30. The monoisotopic (exact) mass is 483 g/mol. The molecule has 0 aliphatic rings. The summed E-state index contributed by atoms with van der Waals surface area (Å²) in [6.45, 7) is 7.25. The van der Waals surface area contributed by atoms with Crippen LogP contribution in [0.15, 0.2) is 60.9 Å². The van der Waals surface area contributed by atoms with Crippen molar-refractivity contribution in [2.24, 2.45) is 0 Å². The highest BCUT2D eigenvalue weighted by atomic mass is 32.2. The molecule has 3 aromatic rings. The lowest BCUT2D eigenvalue weighted by Crippen LogP contribution is -2.35. The van der Waals surface area contributed by atoms with Gasteiger partial charge in [0.25, 0.3) is 0 Å². The van der Waals surface area contributed by atoms with Crippen LogP contribution in [0.5, 0.6) is 11.5 Å². The topological polar surface area (TPSA) is 73.8 Å². The third kappa shape index (κ3) is 6.85. The van der Waals surface area contributed by atoms with E-state index in [0.29, 0.717) is 25.4 Å². The first-order valence-corrected chi connectivity index (χ1v) is 12.4. The number of nitrogens with zero attached hydrogens (tertiary/aromatic N) is 3. The van der Waals surface area contributed by atoms with Crippen molar-refractivity contribution in [2.75, 3.05) is 20.8 Å². The predicted octanol–water partition coefficient (Wildman–Crippen LogP) is 4.63. The van der Waals surface area contributed by atoms with Crippen molar-refractivity contribution in [3.8, 4) is 11.5 Å². The van der Waals surface area contributed by atoms with Gasteiger partial charge in [0, 0.05) is 25.9 Å². The van der Waals surface area contributed by atoms with Crippen LogP contribution in [0.4, 0.5) is 0 Å². The first-order valence-electron chi connectivity index (χ1n) is 11.3. The number of methoxy groups -OCH3 is 2. The number of rotatable bonds is 12. The summed E-state index contributed by atoms with van der Waals surface area (Å²) in [5.41, 5.74) is 3.59. The molecule has 8 heteroatoms. The van der Waals surface area contributed by atoms with Crippen LogP contribution in [0.3, 0.4) is 0 Å². The van der Waals surface area contributed by atoms with E-state index in [2.05, 4.69) is 9.97 Å². The van der Waals surface area contributed by atoms with Gasteiger partial charge in [0.05, 0.1) is 37.1 Å². The van der Waals surface area contributed by atoms with Crippen molar-refractivity contribution in [3.05, 3.63) is 83.4 Å². The zero-order valence-electron chi connectivity index (χ0n) is 20.4. The van der Waals surface area contributed by atoms with Crippen LogP contribution in [0, 0.1) is 6.92 Å². The molecule has 0 aliphatic heterocycles. The summed E-state index contributed by atoms with van der Waals surface area (Å²) in [4.78, 5) is 8.86. The molecule has 0 amide bonds. The molecule has 1 aromatic heterocycles. The SMILES string of the molecule is CCOC(c1cnc(C)cn1)C(C)S(=O)N(Cc1ccc(OC)cc1)Cc1ccc(OC)cc1. The first-order chi connectivity index (χ1) is 16.4. The third-order valence-corrected chi connectivity index (χ3v) is 7.12. The van der Waals surface area contributed by atoms with Crippen molar-refractivity contribution >= 4 is 11.0 Å². The second-order valence-electron chi connectivity index (χ2n) is 7.93. The van der Waals surface area contributed by atoms with Gasteiger partial charge in [0.2, 0.25) is 0 Å². The molecule has 34 heavy (non-hydrogen) atoms. The Morgan fingerprint density at radius 2 is 1.41 bits per heavy atom. The Morgan fingerprint density at radius 3 is 1.82 bits per heavy atom. The Morgan fingerprint density at radius 1 is 0.882 bits per heavy atom. The fraction of sp³-hybridized carbons (Fsp3) is 0.385. The molecule has 0 radical (unpaired) electrons. The van der Waals surface area contributed by atoms with Crippen molar-refractivity contribution < 1.29 is 18.4 Å². The van der Waals surface area contributed by atoms with Crippen LogP contribution in [0.2, 0.25) is 0 Å². The van der Waals surface area contributed by atoms with E-state index in [0.717, 1.165) is 28.3 Å². The minimum absolute atomic E-state index is 0.339. The van der Waals surface area contributed by atoms with E-state index in [4.69, 9.17) is 14.2 Å². The van der Waals surface area contributed by atoms with Crippen LogP contribution in [-0.2, 0) is 28.8 Å². The lowest BCUT2D eigenvalue weighted by atomic mass is 10.2. The second-order valence-corrected chi connectivity index (χ2v) is 9.75. The standard InChI is InChI=1S/C26H33N3O4S/c1-6-33-26(25-16-27-19(2)15-28-25)20(3)34(30)29(17-21-7-11-23(31-4)12-8-21)18-22-9-13-24(32-5)14-10-22/h7-16,20,26H,6,17-18H2,1-5H3. The molecule has 3 atom stereocenters. The van der Waals surface area contributed by atoms with E-state index >= 15 is 0 Å². The molecule has 0 fully saturated rings. The summed E-state index contributed by atoms with van der Waals surface area (Å²) in [5, 5.41) is -0.339. The molecule has 0 saturated heterocycles. The highest BCUT2D eigenvalue weighted by Crippen LogP contribution is 2.27. The second kappa shape index (κ2) is 12.6. The van der Waals surface area contributed by atoms with Gasteiger partial charge in [0.15, 0.2) is 0 Å². The van der Waals surface area contributed by atoms with Crippen LogP contribution >= 0.6 is 0 Å². The van der Waals surface area contributed by atoms with Crippen molar-refractivity contribution in [1.82, 2.24) is 14.3 Å². The molecular formula is C26H33N3O4S. The maximum atomic E-state index is 13.9.